The summed E-state index contributed by atoms with van der Waals surface area (Å²) in [4.78, 5) is 28.8. The molecular formula is C17H22F2N4O2. The Morgan fingerprint density at radius 1 is 1.24 bits per heavy atom. The van der Waals surface area contributed by atoms with E-state index in [9.17, 15) is 18.4 Å². The molecule has 0 aliphatic carbocycles. The molecule has 1 unspecified atom stereocenters. The van der Waals surface area contributed by atoms with Crippen molar-refractivity contribution in [3.05, 3.63) is 35.4 Å². The molecule has 1 fully saturated rings. The molecular weight excluding hydrogens is 330 g/mol. The van der Waals surface area contributed by atoms with E-state index in [4.69, 9.17) is 0 Å². The Kier molecular flexibility index (Phi) is 6.44. The number of hydrogen-bond acceptors (Lipinski definition) is 3. The van der Waals surface area contributed by atoms with E-state index < -0.39 is 11.6 Å². The van der Waals surface area contributed by atoms with E-state index in [2.05, 4.69) is 15.6 Å². The van der Waals surface area contributed by atoms with Crippen LogP contribution in [0.5, 0.6) is 0 Å². The largest absolute Gasteiger partial charge is 0.355 e. The maximum absolute atomic E-state index is 13.3. The summed E-state index contributed by atoms with van der Waals surface area (Å²) in [7, 11) is 1.57. The topological polar surface area (TPSA) is 73.8 Å². The minimum atomic E-state index is -0.906. The Morgan fingerprint density at radius 3 is 2.52 bits per heavy atom. The van der Waals surface area contributed by atoms with Crippen molar-refractivity contribution in [2.75, 3.05) is 20.1 Å². The number of aliphatic imine (C=N–C) groups is 1. The first-order valence-electron chi connectivity index (χ1n) is 8.17. The fraction of sp³-hybridized carbons (Fsp3) is 0.471. The summed E-state index contributed by atoms with van der Waals surface area (Å²) in [5, 5.41) is 6.06. The van der Waals surface area contributed by atoms with Crippen molar-refractivity contribution >= 4 is 17.8 Å². The molecule has 2 amide bonds. The van der Waals surface area contributed by atoms with Crippen molar-refractivity contribution in [3.63, 3.8) is 0 Å². The normalized spacial score (nSPS) is 16.8. The standard InChI is InChI=1S/C17H22F2N4O2/c1-11(12-6-7-13(18)14(19)10-12)22-17(20-2)21-8-9-23-15(24)4-3-5-16(23)25/h6-7,10-11H,3-5,8-9H2,1-2H3,(H2,20,21,22). The maximum atomic E-state index is 13.3. The molecule has 1 saturated heterocycles. The minimum absolute atomic E-state index is 0.156. The summed E-state index contributed by atoms with van der Waals surface area (Å²) < 4.78 is 26.3. The van der Waals surface area contributed by atoms with Crippen molar-refractivity contribution in [3.8, 4) is 0 Å². The van der Waals surface area contributed by atoms with Gasteiger partial charge in [0.15, 0.2) is 17.6 Å². The van der Waals surface area contributed by atoms with Crippen LogP contribution >= 0.6 is 0 Å². The highest BCUT2D eigenvalue weighted by molar-refractivity contribution is 5.97. The van der Waals surface area contributed by atoms with Gasteiger partial charge in [-0.3, -0.25) is 19.5 Å². The lowest BCUT2D eigenvalue weighted by Crippen LogP contribution is -2.46. The Labute approximate surface area is 145 Å². The minimum Gasteiger partial charge on any atom is -0.355 e. The van der Waals surface area contributed by atoms with Crippen LogP contribution in [0.3, 0.4) is 0 Å². The average molecular weight is 352 g/mol. The Balaban J connectivity index is 1.86. The highest BCUT2D eigenvalue weighted by Crippen LogP contribution is 2.16. The van der Waals surface area contributed by atoms with Gasteiger partial charge in [0, 0.05) is 33.0 Å². The van der Waals surface area contributed by atoms with Crippen molar-refractivity contribution in [2.24, 2.45) is 4.99 Å². The van der Waals surface area contributed by atoms with Crippen molar-refractivity contribution < 1.29 is 18.4 Å². The fourth-order valence-corrected chi connectivity index (χ4v) is 2.60. The average Bonchev–Trinajstić information content (AvgIpc) is 2.58. The molecule has 0 aromatic heterocycles. The Morgan fingerprint density at radius 2 is 1.92 bits per heavy atom. The summed E-state index contributed by atoms with van der Waals surface area (Å²) in [6.07, 6.45) is 1.40. The van der Waals surface area contributed by atoms with Gasteiger partial charge >= 0.3 is 0 Å². The lowest BCUT2D eigenvalue weighted by Gasteiger charge is -2.25. The lowest BCUT2D eigenvalue weighted by atomic mass is 10.1. The van der Waals surface area contributed by atoms with Crippen molar-refractivity contribution in [1.29, 1.82) is 0 Å². The third-order valence-corrected chi connectivity index (χ3v) is 4.03. The lowest BCUT2D eigenvalue weighted by molar-refractivity contribution is -0.147. The third kappa shape index (κ3) is 4.98. The quantitative estimate of drug-likeness (QED) is 0.481. The zero-order chi connectivity index (χ0) is 18.4. The molecule has 1 aliphatic rings. The van der Waals surface area contributed by atoms with Gasteiger partial charge in [0.05, 0.1) is 6.04 Å². The van der Waals surface area contributed by atoms with Crippen LogP contribution in [0.4, 0.5) is 8.78 Å². The molecule has 1 atom stereocenters. The summed E-state index contributed by atoms with van der Waals surface area (Å²) in [5.74, 6) is -1.67. The Bertz CT molecular complexity index is 663. The van der Waals surface area contributed by atoms with Gasteiger partial charge in [-0.2, -0.15) is 0 Å². The van der Waals surface area contributed by atoms with Gasteiger partial charge in [-0.15, -0.1) is 0 Å². The first-order chi connectivity index (χ1) is 11.9. The van der Waals surface area contributed by atoms with Gasteiger partial charge in [0.2, 0.25) is 11.8 Å². The van der Waals surface area contributed by atoms with Crippen LogP contribution in [0.25, 0.3) is 0 Å². The molecule has 0 bridgehead atoms. The number of hydrogen-bond donors (Lipinski definition) is 2. The number of amides is 2. The predicted octanol–water partition coefficient (Wildman–Crippen LogP) is 1.73. The number of halogens is 2. The second-order valence-corrected chi connectivity index (χ2v) is 5.83. The molecule has 0 radical (unpaired) electrons. The highest BCUT2D eigenvalue weighted by Gasteiger charge is 2.25. The zero-order valence-corrected chi connectivity index (χ0v) is 14.3. The molecule has 6 nitrogen and oxygen atoms in total. The molecule has 1 aromatic carbocycles. The van der Waals surface area contributed by atoms with Gasteiger partial charge in [-0.25, -0.2) is 8.78 Å². The highest BCUT2D eigenvalue weighted by atomic mass is 19.2. The number of rotatable bonds is 5. The number of piperidine rings is 1. The van der Waals surface area contributed by atoms with Crippen molar-refractivity contribution in [1.82, 2.24) is 15.5 Å². The van der Waals surface area contributed by atoms with E-state index in [0.717, 1.165) is 12.1 Å². The van der Waals surface area contributed by atoms with Crippen LogP contribution in [0.1, 0.15) is 37.8 Å². The van der Waals surface area contributed by atoms with Crippen LogP contribution in [-0.4, -0.2) is 42.8 Å². The molecule has 1 aromatic rings. The van der Waals surface area contributed by atoms with E-state index in [-0.39, 0.29) is 24.4 Å². The van der Waals surface area contributed by atoms with Gasteiger partial charge in [0.1, 0.15) is 0 Å². The van der Waals surface area contributed by atoms with Crippen LogP contribution in [0.2, 0.25) is 0 Å². The number of imide groups is 1. The van der Waals surface area contributed by atoms with E-state index in [0.29, 0.717) is 37.3 Å². The van der Waals surface area contributed by atoms with Gasteiger partial charge < -0.3 is 10.6 Å². The first kappa shape index (κ1) is 18.8. The molecule has 2 rings (SSSR count). The van der Waals surface area contributed by atoms with Crippen LogP contribution < -0.4 is 10.6 Å². The summed E-state index contributed by atoms with van der Waals surface area (Å²) in [6, 6.07) is 3.39. The molecule has 2 N–H and O–H groups in total. The zero-order valence-electron chi connectivity index (χ0n) is 14.3. The van der Waals surface area contributed by atoms with Crippen molar-refractivity contribution in [2.45, 2.75) is 32.2 Å². The summed E-state index contributed by atoms with van der Waals surface area (Å²) in [6.45, 7) is 2.40. The number of guanidine groups is 1. The molecule has 1 heterocycles. The number of carbonyl (C=O) groups is 2. The summed E-state index contributed by atoms with van der Waals surface area (Å²) in [5.41, 5.74) is 0.572. The third-order valence-electron chi connectivity index (χ3n) is 4.03. The molecule has 1 aliphatic heterocycles. The first-order valence-corrected chi connectivity index (χ1v) is 8.17. The SMILES string of the molecule is CN=C(NCCN1C(=O)CCCC1=O)NC(C)c1ccc(F)c(F)c1. The van der Waals surface area contributed by atoms with Crippen LogP contribution in [-0.2, 0) is 9.59 Å². The Hall–Kier alpha value is -2.51. The predicted molar refractivity (Wildman–Crippen MR) is 89.8 cm³/mol. The van der Waals surface area contributed by atoms with E-state index in [1.54, 1.807) is 14.0 Å². The van der Waals surface area contributed by atoms with Gasteiger partial charge in [-0.05, 0) is 31.0 Å². The maximum Gasteiger partial charge on any atom is 0.229 e. The van der Waals surface area contributed by atoms with Crippen LogP contribution in [0, 0.1) is 11.6 Å². The van der Waals surface area contributed by atoms with Crippen LogP contribution in [0.15, 0.2) is 23.2 Å². The van der Waals surface area contributed by atoms with E-state index in [1.807, 2.05) is 0 Å². The van der Waals surface area contributed by atoms with Gasteiger partial charge in [-0.1, -0.05) is 6.07 Å². The second kappa shape index (κ2) is 8.55. The fourth-order valence-electron chi connectivity index (χ4n) is 2.60. The molecule has 136 valence electrons. The monoisotopic (exact) mass is 352 g/mol. The molecule has 25 heavy (non-hydrogen) atoms. The summed E-state index contributed by atoms with van der Waals surface area (Å²) >= 11 is 0. The number of nitrogens with one attached hydrogen (secondary N) is 2. The second-order valence-electron chi connectivity index (χ2n) is 5.83. The number of likely N-dealkylation sites (tertiary alicyclic amines) is 1. The van der Waals surface area contributed by atoms with E-state index in [1.165, 1.54) is 11.0 Å². The number of carbonyl (C=O) groups excluding carboxylic acids is 2. The van der Waals surface area contributed by atoms with E-state index >= 15 is 0 Å². The number of nitrogens with zero attached hydrogens (tertiary/aromatic N) is 2. The van der Waals surface area contributed by atoms with Gasteiger partial charge in [0.25, 0.3) is 0 Å². The smallest absolute Gasteiger partial charge is 0.229 e. The molecule has 8 heteroatoms. The molecule has 0 saturated carbocycles. The number of benzene rings is 1. The molecule has 0 spiro atoms.